The van der Waals surface area contributed by atoms with Gasteiger partial charge < -0.3 is 9.64 Å². The Morgan fingerprint density at radius 3 is 2.90 bits per heavy atom. The van der Waals surface area contributed by atoms with E-state index in [4.69, 9.17) is 9.72 Å². The largest absolute Gasteiger partial charge is 0.497 e. The summed E-state index contributed by atoms with van der Waals surface area (Å²) in [5.41, 5.74) is 1.33. The monoisotopic (exact) mass is 394 g/mol. The highest BCUT2D eigenvalue weighted by atomic mass is 16.5. The molecule has 1 unspecified atom stereocenters. The summed E-state index contributed by atoms with van der Waals surface area (Å²) >= 11 is 0. The lowest BCUT2D eigenvalue weighted by Gasteiger charge is -2.28. The zero-order valence-corrected chi connectivity index (χ0v) is 17.2. The van der Waals surface area contributed by atoms with Crippen LogP contribution in [0, 0.1) is 5.41 Å². The Kier molecular flexibility index (Phi) is 4.80. The minimum atomic E-state index is 0.186. The molecule has 1 aromatic heterocycles. The van der Waals surface area contributed by atoms with E-state index in [0.717, 1.165) is 42.5 Å². The van der Waals surface area contributed by atoms with Crippen molar-refractivity contribution >= 4 is 5.91 Å². The number of amides is 1. The van der Waals surface area contributed by atoms with Crippen molar-refractivity contribution in [1.82, 2.24) is 20.1 Å². The highest BCUT2D eigenvalue weighted by Gasteiger charge is 2.51. The molecule has 3 aliphatic rings. The fraction of sp³-hybridized carbons (Fsp3) is 0.609. The molecule has 5 rings (SSSR count). The molecule has 3 fully saturated rings. The SMILES string of the molecule is COc1cccc(CCC(=O)N2CC(c3nc(C4CC4)n[nH]3)C3(CCCC3)C2)c1. The van der Waals surface area contributed by atoms with E-state index in [1.165, 1.54) is 38.5 Å². The third-order valence-electron chi connectivity index (χ3n) is 7.15. The van der Waals surface area contributed by atoms with Gasteiger partial charge in [-0.05, 0) is 55.2 Å². The van der Waals surface area contributed by atoms with Gasteiger partial charge in [0.05, 0.1) is 7.11 Å². The Hall–Kier alpha value is -2.37. The van der Waals surface area contributed by atoms with Gasteiger partial charge in [0.25, 0.3) is 0 Å². The summed E-state index contributed by atoms with van der Waals surface area (Å²) in [5, 5.41) is 7.73. The standard InChI is InChI=1S/C23H30N4O2/c1-29-18-6-4-5-16(13-18)7-10-20(28)27-14-19(23(15-27)11-2-3-12-23)22-24-21(25-26-22)17-8-9-17/h4-6,13,17,19H,2-3,7-12,14-15H2,1H3,(H,24,25,26). The number of rotatable bonds is 6. The first-order chi connectivity index (χ1) is 14.2. The molecule has 1 saturated heterocycles. The first kappa shape index (κ1) is 18.6. The third-order valence-corrected chi connectivity index (χ3v) is 7.15. The number of benzene rings is 1. The fourth-order valence-corrected chi connectivity index (χ4v) is 5.33. The highest BCUT2D eigenvalue weighted by molar-refractivity contribution is 5.77. The van der Waals surface area contributed by atoms with Crippen LogP contribution in [0.3, 0.4) is 0 Å². The van der Waals surface area contributed by atoms with Crippen LogP contribution in [0.15, 0.2) is 24.3 Å². The molecule has 6 nitrogen and oxygen atoms in total. The zero-order chi connectivity index (χ0) is 19.8. The predicted molar refractivity (Wildman–Crippen MR) is 110 cm³/mol. The zero-order valence-electron chi connectivity index (χ0n) is 17.2. The summed E-state index contributed by atoms with van der Waals surface area (Å²) in [5.74, 6) is 3.95. The summed E-state index contributed by atoms with van der Waals surface area (Å²) in [6.07, 6.45) is 8.60. The van der Waals surface area contributed by atoms with Crippen LogP contribution >= 0.6 is 0 Å². The Bertz CT molecular complexity index is 883. The van der Waals surface area contributed by atoms with Crippen LogP contribution in [0.1, 0.15) is 74.0 Å². The second-order valence-corrected chi connectivity index (χ2v) is 9.10. The van der Waals surface area contributed by atoms with E-state index < -0.39 is 0 Å². The molecule has 1 atom stereocenters. The van der Waals surface area contributed by atoms with Gasteiger partial charge in [0.15, 0.2) is 5.82 Å². The van der Waals surface area contributed by atoms with E-state index in [1.54, 1.807) is 7.11 Å². The second-order valence-electron chi connectivity index (χ2n) is 9.10. The average molecular weight is 395 g/mol. The number of hydrogen-bond donors (Lipinski definition) is 1. The number of likely N-dealkylation sites (tertiary alicyclic amines) is 1. The molecule has 1 aliphatic heterocycles. The summed E-state index contributed by atoms with van der Waals surface area (Å²) in [6, 6.07) is 8.01. The maximum atomic E-state index is 13.1. The van der Waals surface area contributed by atoms with Crippen LogP contribution in [0.2, 0.25) is 0 Å². The number of hydrogen-bond acceptors (Lipinski definition) is 4. The van der Waals surface area contributed by atoms with Gasteiger partial charge >= 0.3 is 0 Å². The number of methoxy groups -OCH3 is 1. The molecule has 2 saturated carbocycles. The van der Waals surface area contributed by atoms with Gasteiger partial charge in [0, 0.05) is 31.3 Å². The number of ether oxygens (including phenoxy) is 1. The van der Waals surface area contributed by atoms with Gasteiger partial charge in [-0.3, -0.25) is 9.89 Å². The lowest BCUT2D eigenvalue weighted by molar-refractivity contribution is -0.130. The number of nitrogens with one attached hydrogen (secondary N) is 1. The lowest BCUT2D eigenvalue weighted by atomic mass is 9.76. The van der Waals surface area contributed by atoms with Gasteiger partial charge in [-0.25, -0.2) is 4.98 Å². The highest BCUT2D eigenvalue weighted by Crippen LogP contribution is 2.53. The van der Waals surface area contributed by atoms with Crippen molar-refractivity contribution in [3.63, 3.8) is 0 Å². The number of nitrogens with zero attached hydrogens (tertiary/aromatic N) is 3. The molecule has 0 radical (unpaired) electrons. The average Bonchev–Trinajstić information content (AvgIpc) is 3.16. The molecule has 0 bridgehead atoms. The minimum absolute atomic E-state index is 0.186. The Balaban J connectivity index is 1.28. The van der Waals surface area contributed by atoms with Crippen molar-refractivity contribution in [3.05, 3.63) is 41.5 Å². The molecule has 2 heterocycles. The molecule has 154 valence electrons. The molecule has 1 spiro atoms. The Labute approximate surface area is 172 Å². The number of aromatic amines is 1. The summed E-state index contributed by atoms with van der Waals surface area (Å²) in [6.45, 7) is 1.64. The van der Waals surface area contributed by atoms with E-state index in [-0.39, 0.29) is 11.3 Å². The molecular formula is C23H30N4O2. The van der Waals surface area contributed by atoms with Crippen molar-refractivity contribution < 1.29 is 9.53 Å². The van der Waals surface area contributed by atoms with E-state index in [0.29, 0.717) is 18.3 Å². The Morgan fingerprint density at radius 2 is 2.14 bits per heavy atom. The van der Waals surface area contributed by atoms with Crippen molar-refractivity contribution in [1.29, 1.82) is 0 Å². The van der Waals surface area contributed by atoms with E-state index in [2.05, 4.69) is 21.2 Å². The van der Waals surface area contributed by atoms with Gasteiger partial charge in [-0.1, -0.05) is 25.0 Å². The van der Waals surface area contributed by atoms with Gasteiger partial charge in [0.1, 0.15) is 11.6 Å². The van der Waals surface area contributed by atoms with Gasteiger partial charge in [0.2, 0.25) is 5.91 Å². The molecule has 1 N–H and O–H groups in total. The second kappa shape index (κ2) is 7.47. The first-order valence-corrected chi connectivity index (χ1v) is 11.0. The topological polar surface area (TPSA) is 71.1 Å². The summed E-state index contributed by atoms with van der Waals surface area (Å²) < 4.78 is 5.30. The normalized spacial score (nSPS) is 23.1. The predicted octanol–water partition coefficient (Wildman–Crippen LogP) is 3.81. The molecule has 29 heavy (non-hydrogen) atoms. The van der Waals surface area contributed by atoms with Gasteiger partial charge in [-0.15, -0.1) is 0 Å². The van der Waals surface area contributed by atoms with E-state index >= 15 is 0 Å². The lowest BCUT2D eigenvalue weighted by Crippen LogP contribution is -2.31. The Morgan fingerprint density at radius 1 is 1.31 bits per heavy atom. The number of carbonyl (C=O) groups excluding carboxylic acids is 1. The van der Waals surface area contributed by atoms with Crippen molar-refractivity contribution in [2.75, 3.05) is 20.2 Å². The molecular weight excluding hydrogens is 364 g/mol. The summed E-state index contributed by atoms with van der Waals surface area (Å²) in [4.78, 5) is 20.0. The van der Waals surface area contributed by atoms with Crippen molar-refractivity contribution in [3.8, 4) is 5.75 Å². The smallest absolute Gasteiger partial charge is 0.222 e. The van der Waals surface area contributed by atoms with Gasteiger partial charge in [-0.2, -0.15) is 5.10 Å². The summed E-state index contributed by atoms with van der Waals surface area (Å²) in [7, 11) is 1.67. The number of aromatic nitrogens is 3. The van der Waals surface area contributed by atoms with Crippen LogP contribution in [-0.4, -0.2) is 46.2 Å². The molecule has 2 aliphatic carbocycles. The van der Waals surface area contributed by atoms with E-state index in [1.807, 2.05) is 18.2 Å². The van der Waals surface area contributed by atoms with Crippen LogP contribution < -0.4 is 4.74 Å². The maximum absolute atomic E-state index is 13.1. The first-order valence-electron chi connectivity index (χ1n) is 11.0. The molecule has 2 aromatic rings. The third kappa shape index (κ3) is 3.65. The van der Waals surface area contributed by atoms with Crippen molar-refractivity contribution in [2.24, 2.45) is 5.41 Å². The van der Waals surface area contributed by atoms with E-state index in [9.17, 15) is 4.79 Å². The fourth-order valence-electron chi connectivity index (χ4n) is 5.33. The number of H-pyrrole nitrogens is 1. The maximum Gasteiger partial charge on any atom is 0.222 e. The molecule has 1 amide bonds. The van der Waals surface area contributed by atoms with Crippen LogP contribution in [-0.2, 0) is 11.2 Å². The van der Waals surface area contributed by atoms with Crippen LogP contribution in [0.4, 0.5) is 0 Å². The molecule has 1 aromatic carbocycles. The van der Waals surface area contributed by atoms with Crippen LogP contribution in [0.25, 0.3) is 0 Å². The number of aryl methyl sites for hydroxylation is 1. The quantitative estimate of drug-likeness (QED) is 0.809. The van der Waals surface area contributed by atoms with Crippen LogP contribution in [0.5, 0.6) is 5.75 Å². The number of carbonyl (C=O) groups is 1. The van der Waals surface area contributed by atoms with Crippen molar-refractivity contribution in [2.45, 2.75) is 63.2 Å². The minimum Gasteiger partial charge on any atom is -0.497 e. The molecule has 6 heteroatoms.